The van der Waals surface area contributed by atoms with E-state index in [0.29, 0.717) is 0 Å². The molecule has 0 fully saturated rings. The van der Waals surface area contributed by atoms with Crippen LogP contribution in [-0.2, 0) is 0 Å². The molecule has 0 heterocycles. The summed E-state index contributed by atoms with van der Waals surface area (Å²) in [6.45, 7) is 12.7. The molecule has 0 bridgehead atoms. The van der Waals surface area contributed by atoms with Crippen LogP contribution in [0.5, 0.6) is 0 Å². The van der Waals surface area contributed by atoms with Crippen LogP contribution < -0.4 is 0 Å². The third-order valence-corrected chi connectivity index (χ3v) is 6.85. The van der Waals surface area contributed by atoms with E-state index in [-0.39, 0.29) is 0 Å². The van der Waals surface area contributed by atoms with Crippen LogP contribution in [0.25, 0.3) is 0 Å². The first-order valence-electron chi connectivity index (χ1n) is 14.0. The molecule has 2 atom stereocenters. The van der Waals surface area contributed by atoms with E-state index in [2.05, 4.69) is 39.8 Å². The van der Waals surface area contributed by atoms with Gasteiger partial charge in [-0.3, -0.25) is 0 Å². The average Bonchev–Trinajstić information content (AvgIpc) is 2.75. The van der Waals surface area contributed by atoms with E-state index in [1.807, 2.05) is 0 Å². The Morgan fingerprint density at radius 2 is 1.00 bits per heavy atom. The van der Waals surface area contributed by atoms with Gasteiger partial charge in [-0.05, 0) is 37.5 Å². The molecule has 0 heteroatoms. The van der Waals surface area contributed by atoms with Crippen molar-refractivity contribution in [1.82, 2.24) is 0 Å². The Hall–Kier alpha value is -0.260. The topological polar surface area (TPSA) is 0 Å². The van der Waals surface area contributed by atoms with Crippen molar-refractivity contribution in [2.45, 2.75) is 155 Å². The fraction of sp³-hybridized carbons (Fsp3) is 0.867. The molecule has 178 valence electrons. The van der Waals surface area contributed by atoms with Crippen LogP contribution in [0.3, 0.4) is 0 Å². The first-order chi connectivity index (χ1) is 14.7. The third-order valence-electron chi connectivity index (χ3n) is 6.85. The van der Waals surface area contributed by atoms with Gasteiger partial charge in [0.1, 0.15) is 0 Å². The minimum atomic E-state index is 0.947. The minimum Gasteiger partial charge on any atom is -0.0885 e. The van der Waals surface area contributed by atoms with Crippen LogP contribution in [0.15, 0.2) is 12.2 Å². The molecule has 0 nitrogen and oxygen atoms in total. The van der Waals surface area contributed by atoms with Crippen molar-refractivity contribution >= 4 is 0 Å². The van der Waals surface area contributed by atoms with Gasteiger partial charge >= 0.3 is 0 Å². The zero-order valence-electron chi connectivity index (χ0n) is 21.3. The second-order valence-electron chi connectivity index (χ2n) is 9.89. The normalized spacial score (nSPS) is 13.9. The Labute approximate surface area is 193 Å². The van der Waals surface area contributed by atoms with Gasteiger partial charge in [-0.2, -0.15) is 0 Å². The van der Waals surface area contributed by atoms with E-state index in [1.165, 1.54) is 122 Å². The molecule has 2 radical (unpaired) electrons. The molecule has 0 saturated heterocycles. The Morgan fingerprint density at radius 3 is 1.53 bits per heavy atom. The number of rotatable bonds is 24. The third kappa shape index (κ3) is 22.4. The summed E-state index contributed by atoms with van der Waals surface area (Å²) in [6, 6.07) is 0. The molecule has 0 aliphatic carbocycles. The first-order valence-corrected chi connectivity index (χ1v) is 14.0. The van der Waals surface area contributed by atoms with Gasteiger partial charge in [0.05, 0.1) is 0 Å². The van der Waals surface area contributed by atoms with Crippen molar-refractivity contribution in [2.24, 2.45) is 11.8 Å². The summed E-state index contributed by atoms with van der Waals surface area (Å²) in [4.78, 5) is 0. The minimum absolute atomic E-state index is 0.947. The summed E-state index contributed by atoms with van der Waals surface area (Å²) >= 11 is 0. The van der Waals surface area contributed by atoms with Gasteiger partial charge in [-0.1, -0.05) is 155 Å². The average molecular weight is 419 g/mol. The number of hydrogen-bond donors (Lipinski definition) is 0. The maximum absolute atomic E-state index is 3.98. The summed E-state index contributed by atoms with van der Waals surface area (Å²) < 4.78 is 0. The van der Waals surface area contributed by atoms with Crippen LogP contribution in [0, 0.1) is 25.7 Å². The standard InChI is InChI=1S/C30H58/c1-5-8-10-11-12-13-14-15-16-17-19-22-25-29(4)26-23-20-18-21-24-28-30(7-3)27-9-6-2/h10-11,29-30H,1-2,5-9,12-28H2,3-4H3. The Morgan fingerprint density at radius 1 is 0.533 bits per heavy atom. The number of unbranched alkanes of at least 4 members (excludes halogenated alkanes) is 13. The van der Waals surface area contributed by atoms with Gasteiger partial charge < -0.3 is 0 Å². The highest BCUT2D eigenvalue weighted by molar-refractivity contribution is 4.81. The van der Waals surface area contributed by atoms with E-state index < -0.39 is 0 Å². The molecule has 0 spiro atoms. The summed E-state index contributed by atoms with van der Waals surface area (Å²) in [5, 5.41) is 0. The molecule has 0 aromatic rings. The predicted octanol–water partition coefficient (Wildman–Crippen LogP) is 11.1. The van der Waals surface area contributed by atoms with Crippen LogP contribution in [0.1, 0.15) is 155 Å². The monoisotopic (exact) mass is 418 g/mol. The van der Waals surface area contributed by atoms with E-state index in [0.717, 1.165) is 31.1 Å². The molecule has 0 aliphatic rings. The lowest BCUT2D eigenvalue weighted by Gasteiger charge is -2.14. The number of hydrogen-bond acceptors (Lipinski definition) is 0. The SMILES string of the molecule is [CH2]CCC=CCCCCCCCCCC(C)CCCCCCCC(CC)CCC[CH2]. The Kier molecular flexibility index (Phi) is 24.8. The molecule has 30 heavy (non-hydrogen) atoms. The van der Waals surface area contributed by atoms with E-state index in [9.17, 15) is 0 Å². The van der Waals surface area contributed by atoms with Crippen LogP contribution in [0.4, 0.5) is 0 Å². The van der Waals surface area contributed by atoms with Crippen molar-refractivity contribution < 1.29 is 0 Å². The largest absolute Gasteiger partial charge is 0.0885 e. The van der Waals surface area contributed by atoms with Crippen molar-refractivity contribution in [3.63, 3.8) is 0 Å². The molecule has 0 N–H and O–H groups in total. The van der Waals surface area contributed by atoms with Gasteiger partial charge in [0.15, 0.2) is 0 Å². The van der Waals surface area contributed by atoms with Crippen molar-refractivity contribution in [1.29, 1.82) is 0 Å². The van der Waals surface area contributed by atoms with Gasteiger partial charge in [0.2, 0.25) is 0 Å². The van der Waals surface area contributed by atoms with Crippen LogP contribution in [0.2, 0.25) is 0 Å². The van der Waals surface area contributed by atoms with Crippen molar-refractivity contribution in [3.8, 4) is 0 Å². The molecular weight excluding hydrogens is 360 g/mol. The highest BCUT2D eigenvalue weighted by atomic mass is 14.1. The van der Waals surface area contributed by atoms with Gasteiger partial charge in [-0.15, -0.1) is 0 Å². The second kappa shape index (κ2) is 25.0. The molecule has 0 aromatic carbocycles. The molecule has 2 unspecified atom stereocenters. The zero-order chi connectivity index (χ0) is 22.1. The summed E-state index contributed by atoms with van der Waals surface area (Å²) in [6.07, 6.45) is 35.1. The van der Waals surface area contributed by atoms with E-state index >= 15 is 0 Å². The molecule has 0 aliphatic heterocycles. The second-order valence-corrected chi connectivity index (χ2v) is 9.89. The lowest BCUT2D eigenvalue weighted by atomic mass is 9.92. The van der Waals surface area contributed by atoms with Crippen LogP contribution >= 0.6 is 0 Å². The van der Waals surface area contributed by atoms with Crippen molar-refractivity contribution in [2.75, 3.05) is 0 Å². The maximum atomic E-state index is 3.98. The van der Waals surface area contributed by atoms with Gasteiger partial charge in [0.25, 0.3) is 0 Å². The van der Waals surface area contributed by atoms with Crippen LogP contribution in [-0.4, -0.2) is 0 Å². The zero-order valence-corrected chi connectivity index (χ0v) is 21.3. The molecule has 0 aromatic heterocycles. The fourth-order valence-electron chi connectivity index (χ4n) is 4.58. The van der Waals surface area contributed by atoms with E-state index in [1.54, 1.807) is 0 Å². The quantitative estimate of drug-likeness (QED) is 0.108. The summed E-state index contributed by atoms with van der Waals surface area (Å²) in [5.41, 5.74) is 0. The highest BCUT2D eigenvalue weighted by Crippen LogP contribution is 2.22. The highest BCUT2D eigenvalue weighted by Gasteiger charge is 2.06. The lowest BCUT2D eigenvalue weighted by molar-refractivity contribution is 0.397. The Bertz CT molecular complexity index is 329. The first kappa shape index (κ1) is 29.7. The fourth-order valence-corrected chi connectivity index (χ4v) is 4.58. The smallest absolute Gasteiger partial charge is 0.0351 e. The molecule has 0 amide bonds. The lowest BCUT2D eigenvalue weighted by Crippen LogP contribution is -1.99. The van der Waals surface area contributed by atoms with Gasteiger partial charge in [0, 0.05) is 0 Å². The predicted molar refractivity (Wildman–Crippen MR) is 140 cm³/mol. The van der Waals surface area contributed by atoms with Crippen molar-refractivity contribution in [3.05, 3.63) is 26.0 Å². The maximum Gasteiger partial charge on any atom is -0.0351 e. The molecule has 0 rings (SSSR count). The Balaban J connectivity index is 3.29. The summed E-state index contributed by atoms with van der Waals surface area (Å²) in [5.74, 6) is 1.92. The summed E-state index contributed by atoms with van der Waals surface area (Å²) in [7, 11) is 0. The van der Waals surface area contributed by atoms with E-state index in [4.69, 9.17) is 0 Å². The van der Waals surface area contributed by atoms with Gasteiger partial charge in [-0.25, -0.2) is 0 Å². The number of allylic oxidation sites excluding steroid dienone is 2. The molecule has 0 saturated carbocycles. The molecular formula is C30H58.